The first-order valence-corrected chi connectivity index (χ1v) is 7.49. The van der Waals surface area contributed by atoms with Gasteiger partial charge in [-0.15, -0.1) is 5.10 Å². The molecule has 6 nitrogen and oxygen atoms in total. The highest BCUT2D eigenvalue weighted by molar-refractivity contribution is 7.08. The molecule has 2 heterocycles. The molecular weight excluding hydrogens is 262 g/mol. The lowest BCUT2D eigenvalue weighted by Gasteiger charge is -2.27. The first kappa shape index (κ1) is 14.4. The summed E-state index contributed by atoms with van der Waals surface area (Å²) < 4.78 is 3.87. The Kier molecular flexibility index (Phi) is 5.24. The average molecular weight is 283 g/mol. The van der Waals surface area contributed by atoms with Gasteiger partial charge in [0.15, 0.2) is 0 Å². The van der Waals surface area contributed by atoms with Crippen molar-refractivity contribution in [2.24, 2.45) is 0 Å². The standard InChI is InChI=1S/C12H21N5OS/c1-9(2)10-11(19-16-15-10)12(18)14-5-8-17-6-3-13-4-7-17/h9,13H,3-8H2,1-2H3,(H,14,18). The number of carbonyl (C=O) groups excluding carboxylic acids is 1. The van der Waals surface area contributed by atoms with Crippen LogP contribution in [0.3, 0.4) is 0 Å². The van der Waals surface area contributed by atoms with Crippen LogP contribution in [-0.4, -0.2) is 59.7 Å². The Labute approximate surface area is 117 Å². The van der Waals surface area contributed by atoms with Crippen LogP contribution in [0, 0.1) is 0 Å². The second kappa shape index (κ2) is 6.93. The zero-order chi connectivity index (χ0) is 13.7. The maximum absolute atomic E-state index is 12.1. The fourth-order valence-corrected chi connectivity index (χ4v) is 2.81. The number of hydrogen-bond donors (Lipinski definition) is 2. The molecule has 2 N–H and O–H groups in total. The molecule has 1 amide bonds. The zero-order valence-corrected chi connectivity index (χ0v) is 12.3. The third-order valence-electron chi connectivity index (χ3n) is 3.19. The quantitative estimate of drug-likeness (QED) is 0.813. The number of hydrogen-bond acceptors (Lipinski definition) is 6. The van der Waals surface area contributed by atoms with Gasteiger partial charge in [-0.1, -0.05) is 18.3 Å². The topological polar surface area (TPSA) is 70.2 Å². The van der Waals surface area contributed by atoms with Gasteiger partial charge >= 0.3 is 0 Å². The maximum Gasteiger partial charge on any atom is 0.265 e. The van der Waals surface area contributed by atoms with Crippen molar-refractivity contribution in [2.45, 2.75) is 19.8 Å². The Morgan fingerprint density at radius 1 is 1.47 bits per heavy atom. The molecule has 1 aromatic heterocycles. The third kappa shape index (κ3) is 3.95. The van der Waals surface area contributed by atoms with E-state index >= 15 is 0 Å². The zero-order valence-electron chi connectivity index (χ0n) is 11.5. The highest BCUT2D eigenvalue weighted by Gasteiger charge is 2.18. The van der Waals surface area contributed by atoms with Crippen LogP contribution in [0.5, 0.6) is 0 Å². The summed E-state index contributed by atoms with van der Waals surface area (Å²) in [7, 11) is 0. The number of nitrogens with zero attached hydrogens (tertiary/aromatic N) is 3. The molecule has 0 bridgehead atoms. The van der Waals surface area contributed by atoms with Gasteiger partial charge in [0, 0.05) is 39.3 Å². The first-order valence-electron chi connectivity index (χ1n) is 6.72. The number of aromatic nitrogens is 2. The first-order chi connectivity index (χ1) is 9.18. The van der Waals surface area contributed by atoms with E-state index in [9.17, 15) is 4.79 Å². The van der Waals surface area contributed by atoms with Crippen molar-refractivity contribution >= 4 is 17.4 Å². The van der Waals surface area contributed by atoms with Gasteiger partial charge in [0.05, 0.1) is 5.69 Å². The highest BCUT2D eigenvalue weighted by atomic mass is 32.1. The van der Waals surface area contributed by atoms with Gasteiger partial charge in [0.2, 0.25) is 0 Å². The Bertz CT molecular complexity index is 414. The van der Waals surface area contributed by atoms with E-state index in [1.807, 2.05) is 13.8 Å². The minimum atomic E-state index is -0.0474. The van der Waals surface area contributed by atoms with Crippen LogP contribution in [0.2, 0.25) is 0 Å². The molecule has 0 unspecified atom stereocenters. The molecule has 1 aromatic rings. The molecule has 1 fully saturated rings. The maximum atomic E-state index is 12.1. The number of amides is 1. The number of rotatable bonds is 5. The van der Waals surface area contributed by atoms with Crippen LogP contribution in [0.15, 0.2) is 0 Å². The number of carbonyl (C=O) groups is 1. The molecule has 7 heteroatoms. The second-order valence-corrected chi connectivity index (χ2v) is 5.74. The summed E-state index contributed by atoms with van der Waals surface area (Å²) in [5.41, 5.74) is 0.796. The van der Waals surface area contributed by atoms with Crippen molar-refractivity contribution in [3.63, 3.8) is 0 Å². The van der Waals surface area contributed by atoms with E-state index in [0.29, 0.717) is 11.4 Å². The Hall–Kier alpha value is -1.05. The van der Waals surface area contributed by atoms with Gasteiger partial charge in [0.1, 0.15) is 4.88 Å². The van der Waals surface area contributed by atoms with E-state index in [-0.39, 0.29) is 11.8 Å². The lowest BCUT2D eigenvalue weighted by molar-refractivity contribution is 0.0950. The second-order valence-electron chi connectivity index (χ2n) is 4.99. The van der Waals surface area contributed by atoms with Gasteiger partial charge in [0.25, 0.3) is 5.91 Å². The van der Waals surface area contributed by atoms with Crippen molar-refractivity contribution in [2.75, 3.05) is 39.3 Å². The van der Waals surface area contributed by atoms with Gasteiger partial charge in [-0.05, 0) is 17.5 Å². The molecule has 106 valence electrons. The van der Waals surface area contributed by atoms with E-state index < -0.39 is 0 Å². The minimum absolute atomic E-state index is 0.0474. The monoisotopic (exact) mass is 283 g/mol. The summed E-state index contributed by atoms with van der Waals surface area (Å²) in [5.74, 6) is 0.182. The molecular formula is C12H21N5OS. The number of piperazine rings is 1. The molecule has 0 aliphatic carbocycles. The van der Waals surface area contributed by atoms with Gasteiger partial charge in [-0.2, -0.15) is 0 Å². The van der Waals surface area contributed by atoms with Crippen molar-refractivity contribution in [1.82, 2.24) is 25.1 Å². The summed E-state index contributed by atoms with van der Waals surface area (Å²) >= 11 is 1.18. The molecule has 1 aliphatic rings. The lowest BCUT2D eigenvalue weighted by Crippen LogP contribution is -2.46. The molecule has 0 atom stereocenters. The Morgan fingerprint density at radius 3 is 2.89 bits per heavy atom. The van der Waals surface area contributed by atoms with Crippen molar-refractivity contribution in [3.8, 4) is 0 Å². The predicted molar refractivity (Wildman–Crippen MR) is 75.6 cm³/mol. The summed E-state index contributed by atoms with van der Waals surface area (Å²) in [5, 5.41) is 10.3. The smallest absolute Gasteiger partial charge is 0.265 e. The van der Waals surface area contributed by atoms with E-state index in [1.165, 1.54) is 11.5 Å². The van der Waals surface area contributed by atoms with Crippen LogP contribution in [0.25, 0.3) is 0 Å². The Balaban J connectivity index is 1.79. The molecule has 1 aliphatic heterocycles. The molecule has 19 heavy (non-hydrogen) atoms. The van der Waals surface area contributed by atoms with Crippen LogP contribution in [0.1, 0.15) is 35.1 Å². The summed E-state index contributed by atoms with van der Waals surface area (Å²) in [6.07, 6.45) is 0. The van der Waals surface area contributed by atoms with Crippen LogP contribution >= 0.6 is 11.5 Å². The highest BCUT2D eigenvalue weighted by Crippen LogP contribution is 2.19. The fourth-order valence-electron chi connectivity index (χ4n) is 2.08. The normalized spacial score (nSPS) is 16.8. The van der Waals surface area contributed by atoms with E-state index in [2.05, 4.69) is 25.1 Å². The molecule has 0 radical (unpaired) electrons. The molecule has 0 aromatic carbocycles. The largest absolute Gasteiger partial charge is 0.350 e. The van der Waals surface area contributed by atoms with E-state index in [0.717, 1.165) is 38.4 Å². The van der Waals surface area contributed by atoms with Crippen LogP contribution in [-0.2, 0) is 0 Å². The minimum Gasteiger partial charge on any atom is -0.350 e. The molecule has 1 saturated heterocycles. The molecule has 0 saturated carbocycles. The van der Waals surface area contributed by atoms with Crippen LogP contribution in [0.4, 0.5) is 0 Å². The summed E-state index contributed by atoms with van der Waals surface area (Å²) in [6, 6.07) is 0. The van der Waals surface area contributed by atoms with E-state index in [1.54, 1.807) is 0 Å². The summed E-state index contributed by atoms with van der Waals surface area (Å²) in [6.45, 7) is 9.78. The number of nitrogens with one attached hydrogen (secondary N) is 2. The molecule has 0 spiro atoms. The Morgan fingerprint density at radius 2 is 2.21 bits per heavy atom. The van der Waals surface area contributed by atoms with Crippen LogP contribution < -0.4 is 10.6 Å². The van der Waals surface area contributed by atoms with Gasteiger partial charge in [-0.3, -0.25) is 9.69 Å². The molecule has 2 rings (SSSR count). The van der Waals surface area contributed by atoms with Crippen molar-refractivity contribution in [3.05, 3.63) is 10.6 Å². The predicted octanol–water partition coefficient (Wildman–Crippen LogP) is 0.297. The van der Waals surface area contributed by atoms with E-state index in [4.69, 9.17) is 0 Å². The van der Waals surface area contributed by atoms with Crippen molar-refractivity contribution < 1.29 is 4.79 Å². The van der Waals surface area contributed by atoms with Gasteiger partial charge in [-0.25, -0.2) is 0 Å². The van der Waals surface area contributed by atoms with Crippen molar-refractivity contribution in [1.29, 1.82) is 0 Å². The average Bonchev–Trinajstić information content (AvgIpc) is 2.89. The third-order valence-corrected chi connectivity index (χ3v) is 3.93. The van der Waals surface area contributed by atoms with Gasteiger partial charge < -0.3 is 10.6 Å². The lowest BCUT2D eigenvalue weighted by atomic mass is 10.1. The fraction of sp³-hybridized carbons (Fsp3) is 0.750. The SMILES string of the molecule is CC(C)c1nnsc1C(=O)NCCN1CCNCC1. The summed E-state index contributed by atoms with van der Waals surface area (Å²) in [4.78, 5) is 15.1.